The Morgan fingerprint density at radius 2 is 1.67 bits per heavy atom. The number of rotatable bonds is 9. The number of carboxylic acid groups (broad SMARTS) is 1. The highest BCUT2D eigenvalue weighted by Crippen LogP contribution is 2.44. The topological polar surface area (TPSA) is 105 Å². The number of hydrogen-bond acceptors (Lipinski definition) is 4. The molecule has 0 aliphatic heterocycles. The highest BCUT2D eigenvalue weighted by Gasteiger charge is 2.47. The maximum Gasteiger partial charge on any atom is 0.408 e. The van der Waals surface area contributed by atoms with Crippen molar-refractivity contribution in [2.75, 3.05) is 6.61 Å². The van der Waals surface area contributed by atoms with E-state index in [0.717, 1.165) is 35.1 Å². The van der Waals surface area contributed by atoms with Crippen molar-refractivity contribution in [1.29, 1.82) is 0 Å². The predicted molar refractivity (Wildman–Crippen MR) is 124 cm³/mol. The van der Waals surface area contributed by atoms with Gasteiger partial charge >= 0.3 is 12.1 Å². The Morgan fingerprint density at radius 1 is 1.06 bits per heavy atom. The molecule has 7 heteroatoms. The van der Waals surface area contributed by atoms with Gasteiger partial charge in [0.1, 0.15) is 18.2 Å². The van der Waals surface area contributed by atoms with E-state index in [0.29, 0.717) is 25.7 Å². The van der Waals surface area contributed by atoms with Gasteiger partial charge in [0.15, 0.2) is 0 Å². The van der Waals surface area contributed by atoms with Gasteiger partial charge in [-0.2, -0.15) is 0 Å². The molecule has 1 saturated carbocycles. The molecule has 2 aliphatic carbocycles. The first-order chi connectivity index (χ1) is 15.9. The number of carboxylic acids is 1. The smallest absolute Gasteiger partial charge is 0.408 e. The first kappa shape index (κ1) is 22.8. The molecule has 2 aromatic rings. The standard InChI is InChI=1S/C26H30N2O5/c1-2-3-13-22(23(29)30)27-24(31)26(14-8-15-26)28-25(32)33-16-21-19-11-6-4-9-17(19)18-10-5-7-12-20(18)21/h4-7,9-12,21-22H,2-3,8,13-16H2,1H3,(H,27,31)(H,28,32)(H,29,30)/t22-/m0/s1. The van der Waals surface area contributed by atoms with Crippen molar-refractivity contribution >= 4 is 18.0 Å². The van der Waals surface area contributed by atoms with Crippen LogP contribution in [0, 0.1) is 0 Å². The number of carbonyl (C=O) groups is 3. The third kappa shape index (κ3) is 4.58. The molecule has 0 unspecified atom stereocenters. The molecule has 1 atom stereocenters. The summed E-state index contributed by atoms with van der Waals surface area (Å²) in [5, 5.41) is 14.8. The second kappa shape index (κ2) is 9.65. The minimum absolute atomic E-state index is 0.0697. The van der Waals surface area contributed by atoms with Gasteiger partial charge in [-0.25, -0.2) is 9.59 Å². The van der Waals surface area contributed by atoms with Crippen molar-refractivity contribution in [2.24, 2.45) is 0 Å². The minimum atomic E-state index is -1.11. The molecule has 0 spiro atoms. The average molecular weight is 451 g/mol. The Labute approximate surface area is 193 Å². The molecular weight excluding hydrogens is 420 g/mol. The predicted octanol–water partition coefficient (Wildman–Crippen LogP) is 4.21. The van der Waals surface area contributed by atoms with Gasteiger partial charge < -0.3 is 20.5 Å². The van der Waals surface area contributed by atoms with Crippen LogP contribution < -0.4 is 10.6 Å². The summed E-state index contributed by atoms with van der Waals surface area (Å²) in [5.74, 6) is -1.59. The monoisotopic (exact) mass is 450 g/mol. The number of ether oxygens (including phenoxy) is 1. The van der Waals surface area contributed by atoms with Gasteiger partial charge in [-0.3, -0.25) is 4.79 Å². The highest BCUT2D eigenvalue weighted by molar-refractivity contribution is 5.93. The van der Waals surface area contributed by atoms with Crippen LogP contribution in [0.5, 0.6) is 0 Å². The maximum absolute atomic E-state index is 12.9. The molecule has 0 aromatic heterocycles. The van der Waals surface area contributed by atoms with Crippen molar-refractivity contribution in [3.8, 4) is 11.1 Å². The Kier molecular flexibility index (Phi) is 6.67. The normalized spacial score (nSPS) is 16.6. The molecule has 3 N–H and O–H groups in total. The number of alkyl carbamates (subject to hydrolysis) is 1. The van der Waals surface area contributed by atoms with Crippen molar-refractivity contribution in [3.63, 3.8) is 0 Å². The van der Waals surface area contributed by atoms with Crippen LogP contribution in [0.2, 0.25) is 0 Å². The van der Waals surface area contributed by atoms with E-state index in [-0.39, 0.29) is 12.5 Å². The summed E-state index contributed by atoms with van der Waals surface area (Å²) < 4.78 is 5.59. The van der Waals surface area contributed by atoms with Crippen molar-refractivity contribution in [3.05, 3.63) is 59.7 Å². The largest absolute Gasteiger partial charge is 0.480 e. The van der Waals surface area contributed by atoms with Crippen LogP contribution in [0.25, 0.3) is 11.1 Å². The van der Waals surface area contributed by atoms with Crippen LogP contribution in [-0.2, 0) is 14.3 Å². The van der Waals surface area contributed by atoms with E-state index < -0.39 is 29.6 Å². The lowest BCUT2D eigenvalue weighted by atomic mass is 9.76. The third-order valence-corrected chi connectivity index (χ3v) is 6.78. The number of benzene rings is 2. The van der Waals surface area contributed by atoms with E-state index in [1.54, 1.807) is 0 Å². The summed E-state index contributed by atoms with van der Waals surface area (Å²) in [6.07, 6.45) is 2.94. The van der Waals surface area contributed by atoms with E-state index in [9.17, 15) is 19.5 Å². The summed E-state index contributed by atoms with van der Waals surface area (Å²) in [5.41, 5.74) is 3.40. The summed E-state index contributed by atoms with van der Waals surface area (Å²) in [6.45, 7) is 2.12. The Morgan fingerprint density at radius 3 is 2.18 bits per heavy atom. The molecular formula is C26H30N2O5. The van der Waals surface area contributed by atoms with Crippen LogP contribution in [0.3, 0.4) is 0 Å². The van der Waals surface area contributed by atoms with Crippen LogP contribution in [0.4, 0.5) is 4.79 Å². The molecule has 2 amide bonds. The van der Waals surface area contributed by atoms with Gasteiger partial charge in [-0.1, -0.05) is 68.3 Å². The van der Waals surface area contributed by atoms with Crippen molar-refractivity contribution in [2.45, 2.75) is 62.9 Å². The molecule has 2 aromatic carbocycles. The van der Waals surface area contributed by atoms with Gasteiger partial charge in [0, 0.05) is 5.92 Å². The second-order valence-corrected chi connectivity index (χ2v) is 8.89. The van der Waals surface area contributed by atoms with Crippen molar-refractivity contribution < 1.29 is 24.2 Å². The van der Waals surface area contributed by atoms with Gasteiger partial charge in [0.2, 0.25) is 5.91 Å². The average Bonchev–Trinajstić information content (AvgIpc) is 3.11. The van der Waals surface area contributed by atoms with Crippen LogP contribution in [-0.4, -0.2) is 41.3 Å². The molecule has 174 valence electrons. The van der Waals surface area contributed by atoms with Crippen LogP contribution in [0.1, 0.15) is 62.5 Å². The number of nitrogens with one attached hydrogen (secondary N) is 2. The van der Waals surface area contributed by atoms with Crippen molar-refractivity contribution in [1.82, 2.24) is 10.6 Å². The van der Waals surface area contributed by atoms with Crippen LogP contribution >= 0.6 is 0 Å². The molecule has 7 nitrogen and oxygen atoms in total. The van der Waals surface area contributed by atoms with E-state index >= 15 is 0 Å². The highest BCUT2D eigenvalue weighted by atomic mass is 16.5. The van der Waals surface area contributed by atoms with E-state index in [1.165, 1.54) is 0 Å². The number of carbonyl (C=O) groups excluding carboxylic acids is 2. The Bertz CT molecular complexity index is 1000. The number of unbranched alkanes of at least 4 members (excludes halogenated alkanes) is 1. The summed E-state index contributed by atoms with van der Waals surface area (Å²) in [6, 6.07) is 15.2. The molecule has 33 heavy (non-hydrogen) atoms. The quantitative estimate of drug-likeness (QED) is 0.531. The Hall–Kier alpha value is -3.35. The molecule has 0 saturated heterocycles. The Balaban J connectivity index is 1.40. The summed E-state index contributed by atoms with van der Waals surface area (Å²) in [4.78, 5) is 37.1. The number of aliphatic carboxylic acids is 1. The molecule has 0 radical (unpaired) electrons. The third-order valence-electron chi connectivity index (χ3n) is 6.78. The van der Waals surface area contributed by atoms with Gasteiger partial charge in [-0.15, -0.1) is 0 Å². The second-order valence-electron chi connectivity index (χ2n) is 8.89. The molecule has 2 aliphatic rings. The van der Waals surface area contributed by atoms with Gasteiger partial charge in [0.25, 0.3) is 0 Å². The number of fused-ring (bicyclic) bond motifs is 3. The van der Waals surface area contributed by atoms with E-state index in [1.807, 2.05) is 43.3 Å². The van der Waals surface area contributed by atoms with E-state index in [2.05, 4.69) is 22.8 Å². The zero-order chi connectivity index (χ0) is 23.4. The summed E-state index contributed by atoms with van der Waals surface area (Å²) >= 11 is 0. The summed E-state index contributed by atoms with van der Waals surface area (Å²) in [7, 11) is 0. The molecule has 1 fully saturated rings. The lowest BCUT2D eigenvalue weighted by molar-refractivity contribution is -0.144. The first-order valence-electron chi connectivity index (χ1n) is 11.6. The molecule has 4 rings (SSSR count). The fourth-order valence-corrected chi connectivity index (χ4v) is 4.73. The van der Waals surface area contributed by atoms with E-state index in [4.69, 9.17) is 4.74 Å². The molecule has 0 heterocycles. The lowest BCUT2D eigenvalue weighted by Gasteiger charge is -2.40. The lowest BCUT2D eigenvalue weighted by Crippen LogP contribution is -2.64. The van der Waals surface area contributed by atoms with Gasteiger partial charge in [0.05, 0.1) is 0 Å². The first-order valence-corrected chi connectivity index (χ1v) is 11.6. The zero-order valence-corrected chi connectivity index (χ0v) is 18.8. The SMILES string of the molecule is CCCC[C@H](NC(=O)C1(NC(=O)OCC2c3ccccc3-c3ccccc32)CCC1)C(=O)O. The number of hydrogen-bond donors (Lipinski definition) is 3. The fraction of sp³-hybridized carbons (Fsp3) is 0.423. The number of amides is 2. The van der Waals surface area contributed by atoms with Crippen LogP contribution in [0.15, 0.2) is 48.5 Å². The molecule has 0 bridgehead atoms. The maximum atomic E-state index is 12.9. The fourth-order valence-electron chi connectivity index (χ4n) is 4.73. The zero-order valence-electron chi connectivity index (χ0n) is 18.8. The van der Waals surface area contributed by atoms with Gasteiger partial charge in [-0.05, 0) is 47.9 Å². The minimum Gasteiger partial charge on any atom is -0.480 e.